The van der Waals surface area contributed by atoms with Gasteiger partial charge in [0.25, 0.3) is 5.78 Å². The maximum atomic E-state index is 13.9. The molecule has 1 saturated heterocycles. The second-order valence-electron chi connectivity index (χ2n) is 9.42. The molecule has 0 radical (unpaired) electrons. The van der Waals surface area contributed by atoms with Crippen molar-refractivity contribution in [1.29, 1.82) is 0 Å². The zero-order valence-corrected chi connectivity index (χ0v) is 23.1. The Hall–Kier alpha value is -3.71. The highest BCUT2D eigenvalue weighted by Gasteiger charge is 2.52. The van der Waals surface area contributed by atoms with Crippen LogP contribution in [0.3, 0.4) is 0 Å². The van der Waals surface area contributed by atoms with Gasteiger partial charge in [0.2, 0.25) is 5.91 Å². The Morgan fingerprint density at radius 3 is 2.48 bits per heavy atom. The molecular formula is C28H26N6O4S2. The molecule has 3 N–H and O–H groups in total. The summed E-state index contributed by atoms with van der Waals surface area (Å²) in [6.07, 6.45) is -0.649. The van der Waals surface area contributed by atoms with Crippen molar-refractivity contribution in [3.8, 4) is 0 Å². The van der Waals surface area contributed by atoms with Crippen LogP contribution in [0.5, 0.6) is 0 Å². The van der Waals surface area contributed by atoms with Gasteiger partial charge in [-0.05, 0) is 29.7 Å². The molecule has 1 amide bonds. The summed E-state index contributed by atoms with van der Waals surface area (Å²) in [7, 11) is 0. The number of nitrogens with two attached hydrogens (primary N) is 1. The molecule has 12 heteroatoms. The zero-order valence-electron chi connectivity index (χ0n) is 21.5. The number of carbonyl (C=O) groups excluding carboxylic acids is 2. The molecule has 0 spiro atoms. The van der Waals surface area contributed by atoms with Gasteiger partial charge in [0.15, 0.2) is 11.9 Å². The molecular weight excluding hydrogens is 548 g/mol. The standard InChI is InChI=1S/C28H26N6O4S2/c1-16-12-21(34-28(30-16)31-20(13-35)32-34)39-14-19-15-40-26-22(29)25(36)33(26)23(19)27(37)38-24(17-8-4-2-5-9-17)18-10-6-3-7-11-18/h2-12,22,24,26,35H,13-15,29H2,1H3/t22?,26-/m1/s1. The Kier molecular flexibility index (Phi) is 7.32. The summed E-state index contributed by atoms with van der Waals surface area (Å²) in [6, 6.07) is 20.3. The molecule has 1 unspecified atom stereocenters. The fraction of sp³-hybridized carbons (Fsp3) is 0.250. The van der Waals surface area contributed by atoms with E-state index in [1.807, 2.05) is 73.7 Å². The van der Waals surface area contributed by atoms with E-state index in [0.29, 0.717) is 17.3 Å². The van der Waals surface area contributed by atoms with Gasteiger partial charge in [0.1, 0.15) is 28.7 Å². The first-order valence-electron chi connectivity index (χ1n) is 12.6. The molecule has 4 aromatic rings. The summed E-state index contributed by atoms with van der Waals surface area (Å²) in [6.45, 7) is 1.56. The summed E-state index contributed by atoms with van der Waals surface area (Å²) >= 11 is 2.98. The Morgan fingerprint density at radius 2 is 1.82 bits per heavy atom. The van der Waals surface area contributed by atoms with Crippen LogP contribution in [-0.4, -0.2) is 64.4 Å². The molecule has 1 fully saturated rings. The third-order valence-electron chi connectivity index (χ3n) is 6.70. The van der Waals surface area contributed by atoms with E-state index < -0.39 is 18.1 Å². The van der Waals surface area contributed by atoms with Crippen LogP contribution in [0, 0.1) is 6.92 Å². The SMILES string of the molecule is Cc1cc(SCC2=C(C(=O)OC(c3ccccc3)c3ccccc3)N3C(=O)C(N)[C@H]3SC2)n2nc(CO)nc2n1. The number of aromatic nitrogens is 4. The molecule has 2 aromatic heterocycles. The number of hydrogen-bond donors (Lipinski definition) is 2. The maximum Gasteiger partial charge on any atom is 0.356 e. The second-order valence-corrected chi connectivity index (χ2v) is 11.5. The summed E-state index contributed by atoms with van der Waals surface area (Å²) in [5.74, 6) is 0.709. The van der Waals surface area contributed by atoms with Crippen molar-refractivity contribution in [2.45, 2.75) is 36.1 Å². The van der Waals surface area contributed by atoms with Crippen LogP contribution in [0.4, 0.5) is 0 Å². The number of aryl methyl sites for hydroxylation is 1. The first-order valence-corrected chi connectivity index (χ1v) is 14.7. The molecule has 10 nitrogen and oxygen atoms in total. The van der Waals surface area contributed by atoms with Crippen LogP contribution in [0.2, 0.25) is 0 Å². The van der Waals surface area contributed by atoms with Gasteiger partial charge < -0.3 is 15.6 Å². The topological polar surface area (TPSA) is 136 Å². The number of ether oxygens (including phenoxy) is 1. The molecule has 40 heavy (non-hydrogen) atoms. The Labute approximate surface area is 238 Å². The number of benzene rings is 2. The van der Waals surface area contributed by atoms with Gasteiger partial charge in [-0.2, -0.15) is 9.50 Å². The number of thioether (sulfide) groups is 2. The Balaban J connectivity index is 1.34. The van der Waals surface area contributed by atoms with E-state index in [-0.39, 0.29) is 29.4 Å². The lowest BCUT2D eigenvalue weighted by atomic mass is 10.0. The molecule has 204 valence electrons. The quantitative estimate of drug-likeness (QED) is 0.140. The number of β-lactam (4-membered cyclic amide) rings is 1. The number of aliphatic hydroxyl groups is 1. The number of nitrogens with zero attached hydrogens (tertiary/aromatic N) is 5. The van der Waals surface area contributed by atoms with Crippen molar-refractivity contribution >= 4 is 41.2 Å². The minimum absolute atomic E-state index is 0.247. The fourth-order valence-corrected chi connectivity index (χ4v) is 7.23. The van der Waals surface area contributed by atoms with E-state index in [1.165, 1.54) is 28.4 Å². The monoisotopic (exact) mass is 574 g/mol. The van der Waals surface area contributed by atoms with Gasteiger partial charge in [-0.1, -0.05) is 60.7 Å². The second kappa shape index (κ2) is 11.0. The lowest BCUT2D eigenvalue weighted by Crippen LogP contribution is -2.68. The van der Waals surface area contributed by atoms with Crippen molar-refractivity contribution in [2.24, 2.45) is 5.73 Å². The average Bonchev–Trinajstić information content (AvgIpc) is 3.41. The zero-order chi connectivity index (χ0) is 27.8. The smallest absolute Gasteiger partial charge is 0.356 e. The van der Waals surface area contributed by atoms with Crippen molar-refractivity contribution < 1.29 is 19.4 Å². The van der Waals surface area contributed by atoms with Crippen molar-refractivity contribution in [1.82, 2.24) is 24.5 Å². The van der Waals surface area contributed by atoms with E-state index >= 15 is 0 Å². The van der Waals surface area contributed by atoms with Crippen LogP contribution >= 0.6 is 23.5 Å². The largest absolute Gasteiger partial charge is 0.448 e. The molecule has 0 saturated carbocycles. The van der Waals surface area contributed by atoms with Crippen LogP contribution < -0.4 is 5.73 Å². The van der Waals surface area contributed by atoms with Crippen molar-refractivity contribution in [3.63, 3.8) is 0 Å². The molecule has 4 heterocycles. The van der Waals surface area contributed by atoms with Crippen LogP contribution in [0.15, 0.2) is 83.0 Å². The lowest BCUT2D eigenvalue weighted by molar-refractivity contribution is -0.153. The normalized spacial score (nSPS) is 18.7. The molecule has 0 bridgehead atoms. The maximum absolute atomic E-state index is 13.9. The summed E-state index contributed by atoms with van der Waals surface area (Å²) in [5, 5.41) is 14.3. The number of carbonyl (C=O) groups is 2. The van der Waals surface area contributed by atoms with E-state index in [0.717, 1.165) is 27.4 Å². The lowest BCUT2D eigenvalue weighted by Gasteiger charge is -2.48. The number of aliphatic hydroxyl groups excluding tert-OH is 1. The molecule has 0 aliphatic carbocycles. The summed E-state index contributed by atoms with van der Waals surface area (Å²) in [5.41, 5.74) is 9.50. The van der Waals surface area contributed by atoms with Crippen LogP contribution in [0.25, 0.3) is 5.78 Å². The van der Waals surface area contributed by atoms with Gasteiger partial charge in [-0.15, -0.1) is 28.6 Å². The first-order chi connectivity index (χ1) is 19.4. The van der Waals surface area contributed by atoms with Crippen molar-refractivity contribution in [3.05, 3.63) is 101 Å². The highest BCUT2D eigenvalue weighted by atomic mass is 32.2. The fourth-order valence-electron chi connectivity index (χ4n) is 4.75. The number of fused-ring (bicyclic) bond motifs is 2. The highest BCUT2D eigenvalue weighted by molar-refractivity contribution is 8.01. The number of rotatable bonds is 8. The van der Waals surface area contributed by atoms with Crippen molar-refractivity contribution in [2.75, 3.05) is 11.5 Å². The van der Waals surface area contributed by atoms with Crippen LogP contribution in [0.1, 0.15) is 28.7 Å². The molecule has 2 aliphatic heterocycles. The minimum Gasteiger partial charge on any atom is -0.448 e. The van der Waals surface area contributed by atoms with Gasteiger partial charge in [-0.3, -0.25) is 9.69 Å². The van der Waals surface area contributed by atoms with Gasteiger partial charge >= 0.3 is 5.97 Å². The van der Waals surface area contributed by atoms with Gasteiger partial charge in [-0.25, -0.2) is 9.78 Å². The summed E-state index contributed by atoms with van der Waals surface area (Å²) in [4.78, 5) is 36.9. The summed E-state index contributed by atoms with van der Waals surface area (Å²) < 4.78 is 7.75. The third-order valence-corrected chi connectivity index (χ3v) is 9.14. The molecule has 2 aliphatic rings. The van der Waals surface area contributed by atoms with Crippen LogP contribution in [-0.2, 0) is 20.9 Å². The minimum atomic E-state index is -0.657. The average molecular weight is 575 g/mol. The van der Waals surface area contributed by atoms with E-state index in [4.69, 9.17) is 10.5 Å². The van der Waals surface area contributed by atoms with E-state index in [1.54, 1.807) is 4.52 Å². The van der Waals surface area contributed by atoms with E-state index in [2.05, 4.69) is 15.1 Å². The highest BCUT2D eigenvalue weighted by Crippen LogP contribution is 2.42. The predicted molar refractivity (Wildman–Crippen MR) is 151 cm³/mol. The third kappa shape index (κ3) is 4.87. The predicted octanol–water partition coefficient (Wildman–Crippen LogP) is 2.85. The number of amides is 1. The van der Waals surface area contributed by atoms with E-state index in [9.17, 15) is 14.7 Å². The number of esters is 1. The Bertz CT molecular complexity index is 1570. The molecule has 6 rings (SSSR count). The van der Waals surface area contributed by atoms with Gasteiger partial charge in [0.05, 0.1) is 0 Å². The van der Waals surface area contributed by atoms with Gasteiger partial charge in [0, 0.05) is 17.2 Å². The first kappa shape index (κ1) is 26.5. The molecule has 2 atom stereocenters. The number of hydrogen-bond acceptors (Lipinski definition) is 10. The Morgan fingerprint density at radius 1 is 1.15 bits per heavy atom. The molecule has 2 aromatic carbocycles.